The second-order valence-electron chi connectivity index (χ2n) is 16.4. The van der Waals surface area contributed by atoms with Crippen LogP contribution in [0.2, 0.25) is 0 Å². The number of nitrogens with zero attached hydrogens (tertiary/aromatic N) is 11. The number of allylic oxidation sites excluding steroid dienone is 2. The van der Waals surface area contributed by atoms with E-state index < -0.39 is 50.3 Å². The molecule has 0 radical (unpaired) electrons. The van der Waals surface area contributed by atoms with E-state index >= 15 is 0 Å². The molecule has 6 aromatic carbocycles. The van der Waals surface area contributed by atoms with Gasteiger partial charge in [-0.2, -0.15) is 79.3 Å². The number of hydrogen-bond donors (Lipinski definition) is 7. The average Bonchev–Trinajstić information content (AvgIpc) is 3.38. The molecule has 7 aromatic rings. The lowest BCUT2D eigenvalue weighted by molar-refractivity contribution is 0.481. The fourth-order valence-corrected chi connectivity index (χ4v) is 9.12. The van der Waals surface area contributed by atoms with Crippen LogP contribution in [0.4, 0.5) is 74.7 Å². The molecule has 0 saturated carbocycles. The van der Waals surface area contributed by atoms with Crippen molar-refractivity contribution in [1.82, 2.24) is 15.0 Å². The van der Waals surface area contributed by atoms with Crippen molar-refractivity contribution in [3.8, 4) is 0 Å². The Morgan fingerprint density at radius 3 is 1.18 bits per heavy atom. The first-order valence-electron chi connectivity index (χ1n) is 22.1. The minimum absolute atomic E-state index is 0.0100. The van der Waals surface area contributed by atoms with Crippen LogP contribution >= 0.6 is 0 Å². The number of anilines is 5. The highest BCUT2D eigenvalue weighted by atomic mass is 32.2. The molecule has 0 bridgehead atoms. The van der Waals surface area contributed by atoms with Crippen molar-refractivity contribution in [2.45, 2.75) is 45.9 Å². The highest BCUT2D eigenvalue weighted by Crippen LogP contribution is 2.35. The molecule has 8 rings (SSSR count). The molecule has 77 heavy (non-hydrogen) atoms. The number of nitrogens with one attached hydrogen (secondary N) is 3. The summed E-state index contributed by atoms with van der Waals surface area (Å²) in [5.41, 5.74) is 2.90. The van der Waals surface area contributed by atoms with Gasteiger partial charge in [0.05, 0.1) is 50.0 Å². The highest BCUT2D eigenvalue weighted by molar-refractivity contribution is 7.86. The number of benzene rings is 6. The van der Waals surface area contributed by atoms with Crippen LogP contribution in [0.25, 0.3) is 0 Å². The van der Waals surface area contributed by atoms with Gasteiger partial charge in [-0.3, -0.25) is 18.2 Å². The monoisotopic (exact) mass is 1120 g/mol. The zero-order valence-electron chi connectivity index (χ0n) is 39.7. The van der Waals surface area contributed by atoms with E-state index in [0.717, 1.165) is 36.4 Å². The summed E-state index contributed by atoms with van der Waals surface area (Å²) in [6, 6.07) is 26.7. The van der Waals surface area contributed by atoms with E-state index in [1.165, 1.54) is 48.5 Å². The van der Waals surface area contributed by atoms with Gasteiger partial charge in [0, 0.05) is 11.4 Å². The molecule has 1 aliphatic rings. The lowest BCUT2D eigenvalue weighted by atomic mass is 10.1. The van der Waals surface area contributed by atoms with Gasteiger partial charge in [0.25, 0.3) is 40.5 Å². The lowest BCUT2D eigenvalue weighted by Gasteiger charge is -2.17. The van der Waals surface area contributed by atoms with Gasteiger partial charge in [0.2, 0.25) is 17.8 Å². The standard InChI is InChI=1S/C47H40N14O12S4/c1-28-24-33(12-20-39(28)58-60-41-22-14-35(26-43(41)76(68,69)70)56-54-31-8-16-37(17-9-31)74(62,63)64)49-46-51-45(48-30-6-4-3-5-7-30)52-47(53-46)50-34-13-21-40(29(2)25-34)59-61-42-23-15-36(27-44(42)77(71,72)73)57-55-32-10-18-38(19-11-32)75(65,66)67/h3-6,8-27,30H,7H2,1-2H3,(H,62,63,64)(H,65,66,67)(H,68,69,70)(H,71,72,73)(H3,48,49,50,51,52,53). The minimum atomic E-state index is -4.83. The van der Waals surface area contributed by atoms with Gasteiger partial charge in [-0.15, -0.1) is 10.2 Å². The van der Waals surface area contributed by atoms with E-state index in [2.05, 4.69) is 71.8 Å². The van der Waals surface area contributed by atoms with Gasteiger partial charge < -0.3 is 16.0 Å². The van der Waals surface area contributed by atoms with E-state index in [1.807, 2.05) is 24.3 Å². The van der Waals surface area contributed by atoms with Crippen LogP contribution in [0.5, 0.6) is 0 Å². The first-order valence-corrected chi connectivity index (χ1v) is 27.9. The van der Waals surface area contributed by atoms with Gasteiger partial charge in [0.1, 0.15) is 21.2 Å². The van der Waals surface area contributed by atoms with Gasteiger partial charge in [0.15, 0.2) is 0 Å². The lowest BCUT2D eigenvalue weighted by Crippen LogP contribution is -2.20. The summed E-state index contributed by atoms with van der Waals surface area (Å²) in [5, 5.41) is 42.0. The molecule has 0 aliphatic heterocycles. The predicted molar refractivity (Wildman–Crippen MR) is 281 cm³/mol. The van der Waals surface area contributed by atoms with Gasteiger partial charge in [-0.05, 0) is 153 Å². The fraction of sp³-hybridized carbons (Fsp3) is 0.0851. The Labute approximate surface area is 439 Å². The number of aryl methyl sites for hydroxylation is 2. The minimum Gasteiger partial charge on any atom is -0.348 e. The summed E-state index contributed by atoms with van der Waals surface area (Å²) >= 11 is 0. The third kappa shape index (κ3) is 14.8. The Bertz CT molecular complexity index is 3840. The molecule has 26 nitrogen and oxygen atoms in total. The van der Waals surface area contributed by atoms with Crippen molar-refractivity contribution in [2.24, 2.45) is 40.9 Å². The van der Waals surface area contributed by atoms with Crippen molar-refractivity contribution < 1.29 is 51.9 Å². The molecule has 0 fully saturated rings. The van der Waals surface area contributed by atoms with Crippen LogP contribution in [0.3, 0.4) is 0 Å². The third-order valence-corrected chi connectivity index (χ3v) is 14.1. The Morgan fingerprint density at radius 1 is 0.429 bits per heavy atom. The highest BCUT2D eigenvalue weighted by Gasteiger charge is 2.20. The molecule has 0 saturated heterocycles. The van der Waals surface area contributed by atoms with Crippen LogP contribution in [0.15, 0.2) is 206 Å². The van der Waals surface area contributed by atoms with Gasteiger partial charge in [-0.1, -0.05) is 24.3 Å². The number of rotatable bonds is 18. The van der Waals surface area contributed by atoms with E-state index in [4.69, 9.17) is 0 Å². The van der Waals surface area contributed by atoms with Gasteiger partial charge >= 0.3 is 0 Å². The van der Waals surface area contributed by atoms with Crippen molar-refractivity contribution in [3.63, 3.8) is 0 Å². The molecular formula is C47H40N14O12S4. The molecule has 30 heteroatoms. The second kappa shape index (κ2) is 22.6. The summed E-state index contributed by atoms with van der Waals surface area (Å²) in [6.45, 7) is 3.47. The molecule has 1 aliphatic carbocycles. The zero-order valence-corrected chi connectivity index (χ0v) is 43.0. The predicted octanol–water partition coefficient (Wildman–Crippen LogP) is 11.9. The van der Waals surface area contributed by atoms with Crippen molar-refractivity contribution in [3.05, 3.63) is 157 Å². The number of azo groups is 4. The maximum absolute atomic E-state index is 12.4. The summed E-state index contributed by atoms with van der Waals surface area (Å²) in [6.07, 6.45) is 8.42. The second-order valence-corrected chi connectivity index (χ2v) is 22.0. The Morgan fingerprint density at radius 2 is 0.805 bits per heavy atom. The molecular weight excluding hydrogens is 1080 g/mol. The molecule has 0 spiro atoms. The van der Waals surface area contributed by atoms with E-state index in [0.29, 0.717) is 40.3 Å². The summed E-state index contributed by atoms with van der Waals surface area (Å²) < 4.78 is 133. The number of hydrogen-bond acceptors (Lipinski definition) is 22. The quantitative estimate of drug-likeness (QED) is 0.0310. The van der Waals surface area contributed by atoms with Crippen molar-refractivity contribution in [1.29, 1.82) is 0 Å². The average molecular weight is 1120 g/mol. The largest absolute Gasteiger partial charge is 0.348 e. The molecule has 1 aromatic heterocycles. The van der Waals surface area contributed by atoms with Crippen molar-refractivity contribution in [2.75, 3.05) is 16.0 Å². The Balaban J connectivity index is 0.978. The fourth-order valence-electron chi connectivity index (χ4n) is 6.88. The van der Waals surface area contributed by atoms with Crippen LogP contribution in [-0.4, -0.2) is 72.9 Å². The summed E-state index contributed by atoms with van der Waals surface area (Å²) in [7, 11) is -18.5. The molecule has 0 amide bonds. The summed E-state index contributed by atoms with van der Waals surface area (Å²) in [5.74, 6) is 0.503. The van der Waals surface area contributed by atoms with Crippen LogP contribution in [-0.2, 0) is 40.5 Å². The van der Waals surface area contributed by atoms with Crippen LogP contribution in [0.1, 0.15) is 17.5 Å². The Kier molecular flexibility index (Phi) is 16.0. The maximum Gasteiger partial charge on any atom is 0.296 e. The normalized spacial score (nSPS) is 14.3. The molecule has 1 atom stereocenters. The molecule has 1 unspecified atom stereocenters. The van der Waals surface area contributed by atoms with Gasteiger partial charge in [-0.25, -0.2) is 0 Å². The van der Waals surface area contributed by atoms with E-state index in [1.54, 1.807) is 50.2 Å². The zero-order chi connectivity index (χ0) is 55.1. The summed E-state index contributed by atoms with van der Waals surface area (Å²) in [4.78, 5) is 11.8. The van der Waals surface area contributed by atoms with Crippen LogP contribution in [0, 0.1) is 13.8 Å². The molecule has 1 heterocycles. The Hall–Kier alpha value is -8.75. The first-order chi connectivity index (χ1) is 36.4. The van der Waals surface area contributed by atoms with E-state index in [-0.39, 0.29) is 67.8 Å². The van der Waals surface area contributed by atoms with E-state index in [9.17, 15) is 51.9 Å². The molecule has 394 valence electrons. The number of aromatic nitrogens is 3. The third-order valence-electron chi connectivity index (χ3n) is 10.6. The maximum atomic E-state index is 12.4. The SMILES string of the molecule is Cc1cc(Nc2nc(Nc3ccc(N=Nc4ccc(N=Nc5ccc(S(=O)(=O)O)cc5)cc4S(=O)(=O)O)c(C)c3)nc(NC3C=CC=CC3)n2)ccc1N=Nc1ccc(N=Nc2ccc(S(=O)(=O)O)cc2)cc1S(=O)(=O)O. The smallest absolute Gasteiger partial charge is 0.296 e. The molecule has 7 N–H and O–H groups in total. The first kappa shape index (κ1) is 54.5. The van der Waals surface area contributed by atoms with Crippen LogP contribution < -0.4 is 16.0 Å². The van der Waals surface area contributed by atoms with Crippen molar-refractivity contribution >= 4 is 115 Å². The topological polar surface area (TPSA) is 391 Å².